The maximum atomic E-state index is 11.8. The Morgan fingerprint density at radius 1 is 1.19 bits per heavy atom. The normalized spacial score (nSPS) is 11.8. The first-order chi connectivity index (χ1) is 10.1. The number of rotatable bonds is 5. The first kappa shape index (κ1) is 15.1. The highest BCUT2D eigenvalue weighted by Gasteiger charge is 2.06. The lowest BCUT2D eigenvalue weighted by atomic mass is 10.1. The van der Waals surface area contributed by atoms with Gasteiger partial charge in [0.15, 0.2) is 6.61 Å². The van der Waals surface area contributed by atoms with Crippen molar-refractivity contribution in [2.75, 3.05) is 11.9 Å². The number of aliphatic hydroxyl groups is 1. The first-order valence-corrected chi connectivity index (χ1v) is 6.82. The zero-order valence-electron chi connectivity index (χ0n) is 12.2. The second-order valence-electron chi connectivity index (χ2n) is 4.90. The van der Waals surface area contributed by atoms with Crippen LogP contribution in [0.3, 0.4) is 0 Å². The number of hydrogen-bond donors (Lipinski definition) is 2. The van der Waals surface area contributed by atoms with E-state index in [9.17, 15) is 9.90 Å². The van der Waals surface area contributed by atoms with Gasteiger partial charge in [0.05, 0.1) is 6.10 Å². The summed E-state index contributed by atoms with van der Waals surface area (Å²) in [5.41, 5.74) is 2.61. The largest absolute Gasteiger partial charge is 0.484 e. The van der Waals surface area contributed by atoms with Crippen LogP contribution in [0.5, 0.6) is 5.75 Å². The minimum atomic E-state index is -0.511. The summed E-state index contributed by atoms with van der Waals surface area (Å²) in [6.07, 6.45) is -0.511. The minimum absolute atomic E-state index is 0.0532. The van der Waals surface area contributed by atoms with Crippen molar-refractivity contribution in [1.29, 1.82) is 0 Å². The van der Waals surface area contributed by atoms with Gasteiger partial charge in [0.25, 0.3) is 5.91 Å². The summed E-state index contributed by atoms with van der Waals surface area (Å²) in [4.78, 5) is 11.8. The Morgan fingerprint density at radius 2 is 1.86 bits per heavy atom. The number of carbonyl (C=O) groups is 1. The Labute approximate surface area is 124 Å². The van der Waals surface area contributed by atoms with Crippen LogP contribution in [-0.2, 0) is 4.79 Å². The molecule has 0 spiro atoms. The van der Waals surface area contributed by atoms with E-state index >= 15 is 0 Å². The fourth-order valence-corrected chi connectivity index (χ4v) is 1.89. The molecule has 0 radical (unpaired) electrons. The van der Waals surface area contributed by atoms with Gasteiger partial charge >= 0.3 is 0 Å². The summed E-state index contributed by atoms with van der Waals surface area (Å²) < 4.78 is 5.42. The van der Waals surface area contributed by atoms with Gasteiger partial charge in [0.1, 0.15) is 5.75 Å². The van der Waals surface area contributed by atoms with Gasteiger partial charge in [-0.25, -0.2) is 0 Å². The van der Waals surface area contributed by atoms with Crippen molar-refractivity contribution in [2.45, 2.75) is 20.0 Å². The van der Waals surface area contributed by atoms with Crippen molar-refractivity contribution < 1.29 is 14.6 Å². The van der Waals surface area contributed by atoms with Crippen molar-refractivity contribution in [3.05, 3.63) is 59.7 Å². The second kappa shape index (κ2) is 6.90. The molecule has 1 atom stereocenters. The van der Waals surface area contributed by atoms with E-state index in [1.54, 1.807) is 31.2 Å². The SMILES string of the molecule is Cc1ccccc1NC(=O)COc1ccc([C@H](C)O)cc1. The van der Waals surface area contributed by atoms with Gasteiger partial charge in [0.2, 0.25) is 0 Å². The van der Waals surface area contributed by atoms with Crippen LogP contribution in [0.4, 0.5) is 5.69 Å². The molecule has 2 N–H and O–H groups in total. The predicted molar refractivity (Wildman–Crippen MR) is 82.4 cm³/mol. The van der Waals surface area contributed by atoms with Gasteiger partial charge in [-0.05, 0) is 43.2 Å². The third-order valence-corrected chi connectivity index (χ3v) is 3.15. The highest BCUT2D eigenvalue weighted by molar-refractivity contribution is 5.92. The van der Waals surface area contributed by atoms with Crippen molar-refractivity contribution in [3.63, 3.8) is 0 Å². The summed E-state index contributed by atoms with van der Waals surface area (Å²) in [6.45, 7) is 3.58. The molecule has 21 heavy (non-hydrogen) atoms. The summed E-state index contributed by atoms with van der Waals surface area (Å²) in [5, 5.41) is 12.2. The van der Waals surface area contributed by atoms with Gasteiger partial charge in [-0.3, -0.25) is 4.79 Å². The number of amides is 1. The average Bonchev–Trinajstić information content (AvgIpc) is 2.48. The molecule has 0 heterocycles. The monoisotopic (exact) mass is 285 g/mol. The Hall–Kier alpha value is -2.33. The molecule has 0 saturated carbocycles. The molecule has 4 heteroatoms. The molecule has 2 rings (SSSR count). The van der Waals surface area contributed by atoms with Crippen LogP contribution < -0.4 is 10.1 Å². The van der Waals surface area contributed by atoms with Crippen LogP contribution in [0.1, 0.15) is 24.2 Å². The fraction of sp³-hybridized carbons (Fsp3) is 0.235. The fourth-order valence-electron chi connectivity index (χ4n) is 1.89. The Morgan fingerprint density at radius 3 is 2.48 bits per heavy atom. The molecule has 1 amide bonds. The first-order valence-electron chi connectivity index (χ1n) is 6.82. The molecule has 0 unspecified atom stereocenters. The van der Waals surface area contributed by atoms with Gasteiger partial charge in [0, 0.05) is 5.69 Å². The van der Waals surface area contributed by atoms with Crippen molar-refractivity contribution in [3.8, 4) is 5.75 Å². The van der Waals surface area contributed by atoms with Crippen LogP contribution in [0.15, 0.2) is 48.5 Å². The number of hydrogen-bond acceptors (Lipinski definition) is 3. The maximum absolute atomic E-state index is 11.8. The molecular weight excluding hydrogens is 266 g/mol. The van der Waals surface area contributed by atoms with E-state index in [-0.39, 0.29) is 12.5 Å². The summed E-state index contributed by atoms with van der Waals surface area (Å²) in [7, 11) is 0. The minimum Gasteiger partial charge on any atom is -0.484 e. The van der Waals surface area contributed by atoms with Crippen molar-refractivity contribution >= 4 is 11.6 Å². The molecule has 4 nitrogen and oxygen atoms in total. The zero-order chi connectivity index (χ0) is 15.2. The number of benzene rings is 2. The molecule has 0 bridgehead atoms. The highest BCUT2D eigenvalue weighted by atomic mass is 16.5. The van der Waals surface area contributed by atoms with Crippen LogP contribution in [0.25, 0.3) is 0 Å². The van der Waals surface area contributed by atoms with Gasteiger partial charge in [-0.15, -0.1) is 0 Å². The lowest BCUT2D eigenvalue weighted by Gasteiger charge is -2.10. The Balaban J connectivity index is 1.88. The van der Waals surface area contributed by atoms with Gasteiger partial charge in [-0.2, -0.15) is 0 Å². The zero-order valence-corrected chi connectivity index (χ0v) is 12.2. The number of anilines is 1. The average molecular weight is 285 g/mol. The molecule has 0 aliphatic rings. The van der Waals surface area contributed by atoms with Crippen molar-refractivity contribution in [1.82, 2.24) is 0 Å². The molecule has 0 aromatic heterocycles. The topological polar surface area (TPSA) is 58.6 Å². The number of carbonyl (C=O) groups excluding carboxylic acids is 1. The van der Waals surface area contributed by atoms with Crippen LogP contribution in [0, 0.1) is 6.92 Å². The Kier molecular flexibility index (Phi) is 4.95. The maximum Gasteiger partial charge on any atom is 0.262 e. The third-order valence-electron chi connectivity index (χ3n) is 3.15. The lowest BCUT2D eigenvalue weighted by Crippen LogP contribution is -2.20. The van der Waals surface area contributed by atoms with E-state index in [0.717, 1.165) is 16.8 Å². The quantitative estimate of drug-likeness (QED) is 0.887. The predicted octanol–water partition coefficient (Wildman–Crippen LogP) is 3.07. The molecule has 0 aliphatic carbocycles. The second-order valence-corrected chi connectivity index (χ2v) is 4.90. The van der Waals surface area contributed by atoms with Crippen LogP contribution in [-0.4, -0.2) is 17.6 Å². The molecule has 2 aromatic carbocycles. The standard InChI is InChI=1S/C17H19NO3/c1-12-5-3-4-6-16(12)18-17(20)11-21-15-9-7-14(8-10-15)13(2)19/h3-10,13,19H,11H2,1-2H3,(H,18,20)/t13-/m0/s1. The van der Waals surface area contributed by atoms with Crippen LogP contribution in [0.2, 0.25) is 0 Å². The number of ether oxygens (including phenoxy) is 1. The van der Waals surface area contributed by atoms with Crippen LogP contribution >= 0.6 is 0 Å². The number of aryl methyl sites for hydroxylation is 1. The van der Waals surface area contributed by atoms with E-state index in [0.29, 0.717) is 5.75 Å². The number of aliphatic hydroxyl groups excluding tert-OH is 1. The molecular formula is C17H19NO3. The number of nitrogens with one attached hydrogen (secondary N) is 1. The molecule has 0 saturated heterocycles. The smallest absolute Gasteiger partial charge is 0.262 e. The molecule has 0 fully saturated rings. The van der Waals surface area contributed by atoms with E-state index < -0.39 is 6.10 Å². The third kappa shape index (κ3) is 4.33. The molecule has 110 valence electrons. The highest BCUT2D eigenvalue weighted by Crippen LogP contribution is 2.17. The summed E-state index contributed by atoms with van der Waals surface area (Å²) in [5.74, 6) is 0.392. The lowest BCUT2D eigenvalue weighted by molar-refractivity contribution is -0.118. The molecule has 0 aliphatic heterocycles. The summed E-state index contributed by atoms with van der Waals surface area (Å²) >= 11 is 0. The van der Waals surface area contributed by atoms with Gasteiger partial charge in [-0.1, -0.05) is 30.3 Å². The number of para-hydroxylation sites is 1. The van der Waals surface area contributed by atoms with E-state index in [1.165, 1.54) is 0 Å². The van der Waals surface area contributed by atoms with E-state index in [2.05, 4.69) is 5.32 Å². The van der Waals surface area contributed by atoms with Crippen molar-refractivity contribution in [2.24, 2.45) is 0 Å². The van der Waals surface area contributed by atoms with Gasteiger partial charge < -0.3 is 15.2 Å². The summed E-state index contributed by atoms with van der Waals surface area (Å²) in [6, 6.07) is 14.6. The van der Waals surface area contributed by atoms with E-state index in [1.807, 2.05) is 31.2 Å². The Bertz CT molecular complexity index is 606. The molecule has 2 aromatic rings. The van der Waals surface area contributed by atoms with E-state index in [4.69, 9.17) is 4.74 Å².